The minimum Gasteiger partial charge on any atom is -0.341 e. The summed E-state index contributed by atoms with van der Waals surface area (Å²) in [6.45, 7) is 0.796. The van der Waals surface area contributed by atoms with E-state index in [1.54, 1.807) is 4.90 Å². The van der Waals surface area contributed by atoms with Crippen molar-refractivity contribution in [3.05, 3.63) is 31.8 Å². The highest BCUT2D eigenvalue weighted by Gasteiger charge is 2.29. The quantitative estimate of drug-likeness (QED) is 0.509. The van der Waals surface area contributed by atoms with Crippen molar-refractivity contribution in [1.82, 2.24) is 4.90 Å². The second kappa shape index (κ2) is 6.09. The number of halogens is 3. The molecule has 1 aliphatic rings. The Labute approximate surface area is 134 Å². The largest absolute Gasteiger partial charge is 0.341 e. The van der Waals surface area contributed by atoms with Crippen molar-refractivity contribution in [2.45, 2.75) is 18.2 Å². The van der Waals surface area contributed by atoms with Crippen molar-refractivity contribution >= 4 is 56.0 Å². The first-order chi connectivity index (χ1) is 8.47. The molecular weight excluding hydrogens is 428 g/mol. The van der Waals surface area contributed by atoms with Crippen LogP contribution in [0.4, 0.5) is 0 Å². The van der Waals surface area contributed by atoms with Gasteiger partial charge in [-0.15, -0.1) is 11.6 Å². The van der Waals surface area contributed by atoms with E-state index in [0.29, 0.717) is 11.3 Å². The molecule has 1 amide bonds. The Morgan fingerprint density at radius 3 is 2.83 bits per heavy atom. The lowest BCUT2D eigenvalue weighted by Crippen LogP contribution is -2.38. The summed E-state index contributed by atoms with van der Waals surface area (Å²) in [5.74, 6) is 0.644. The monoisotopic (exact) mass is 441 g/mol. The van der Waals surface area contributed by atoms with Crippen molar-refractivity contribution < 1.29 is 4.79 Å². The zero-order chi connectivity index (χ0) is 13.3. The van der Waals surface area contributed by atoms with Crippen LogP contribution in [0.15, 0.2) is 22.7 Å². The molecule has 1 aromatic carbocycles. The molecule has 2 nitrogen and oxygen atoms in total. The maximum atomic E-state index is 12.3. The molecule has 0 saturated heterocycles. The fourth-order valence-electron chi connectivity index (χ4n) is 2.14. The van der Waals surface area contributed by atoms with Gasteiger partial charge in [0.15, 0.2) is 0 Å². The van der Waals surface area contributed by atoms with Gasteiger partial charge in [0.25, 0.3) is 5.91 Å². The predicted molar refractivity (Wildman–Crippen MR) is 86.2 cm³/mol. The zero-order valence-corrected chi connectivity index (χ0v) is 14.5. The highest BCUT2D eigenvalue weighted by Crippen LogP contribution is 2.32. The van der Waals surface area contributed by atoms with Crippen LogP contribution in [0.25, 0.3) is 0 Å². The molecule has 1 aliphatic carbocycles. The molecule has 0 radical (unpaired) electrons. The molecule has 98 valence electrons. The fraction of sp³-hybridized carbons (Fsp3) is 0.462. The second-order valence-electron chi connectivity index (χ2n) is 4.74. The number of hydrogen-bond donors (Lipinski definition) is 0. The predicted octanol–water partition coefficient (Wildman–Crippen LogP) is 4.14. The summed E-state index contributed by atoms with van der Waals surface area (Å²) in [5.41, 5.74) is 0.759. The molecule has 18 heavy (non-hydrogen) atoms. The van der Waals surface area contributed by atoms with Gasteiger partial charge in [-0.2, -0.15) is 0 Å². The first-order valence-electron chi connectivity index (χ1n) is 5.82. The highest BCUT2D eigenvalue weighted by molar-refractivity contribution is 14.1. The second-order valence-corrected chi connectivity index (χ2v) is 7.44. The van der Waals surface area contributed by atoms with E-state index in [4.69, 9.17) is 11.6 Å². The van der Waals surface area contributed by atoms with Gasteiger partial charge in [0.05, 0.1) is 5.56 Å². The van der Waals surface area contributed by atoms with Crippen LogP contribution < -0.4 is 0 Å². The Balaban J connectivity index is 2.03. The minimum atomic E-state index is 0.0822. The average Bonchev–Trinajstić information content (AvgIpc) is 2.29. The first-order valence-corrected chi connectivity index (χ1v) is 8.12. The van der Waals surface area contributed by atoms with E-state index >= 15 is 0 Å². The van der Waals surface area contributed by atoms with Crippen LogP contribution in [0.5, 0.6) is 0 Å². The fourth-order valence-corrected chi connectivity index (χ4v) is 3.57. The lowest BCUT2D eigenvalue weighted by Gasteiger charge is -2.34. The number of nitrogens with zero attached hydrogens (tertiary/aromatic N) is 1. The topological polar surface area (TPSA) is 20.3 Å². The molecular formula is C13H14BrClINO. The van der Waals surface area contributed by atoms with E-state index in [2.05, 4.69) is 38.5 Å². The maximum absolute atomic E-state index is 12.3. The molecule has 1 fully saturated rings. The lowest BCUT2D eigenvalue weighted by molar-refractivity contribution is 0.0746. The summed E-state index contributed by atoms with van der Waals surface area (Å²) in [4.78, 5) is 14.1. The summed E-state index contributed by atoms with van der Waals surface area (Å²) >= 11 is 11.6. The van der Waals surface area contributed by atoms with Crippen molar-refractivity contribution in [3.8, 4) is 0 Å². The molecule has 1 aromatic rings. The Morgan fingerprint density at radius 2 is 2.22 bits per heavy atom. The molecule has 0 heterocycles. The third-order valence-electron chi connectivity index (χ3n) is 3.22. The molecule has 0 aromatic heterocycles. The lowest BCUT2D eigenvalue weighted by atomic mass is 9.84. The molecule has 0 N–H and O–H groups in total. The number of rotatable bonds is 3. The third kappa shape index (κ3) is 3.39. The Hall–Kier alpha value is 0.190. The molecule has 0 aliphatic heterocycles. The van der Waals surface area contributed by atoms with E-state index in [9.17, 15) is 4.79 Å². The van der Waals surface area contributed by atoms with E-state index in [-0.39, 0.29) is 5.91 Å². The van der Waals surface area contributed by atoms with E-state index < -0.39 is 0 Å². The Bertz CT molecular complexity index is 462. The standard InChI is InChI=1S/C13H14BrClINO/c1-17(7-8-4-10(15)5-8)13(18)11-6-9(14)2-3-12(11)16/h2-3,6,8,10H,4-5,7H2,1H3. The van der Waals surface area contributed by atoms with Crippen molar-refractivity contribution in [1.29, 1.82) is 0 Å². The highest BCUT2D eigenvalue weighted by atomic mass is 127. The first kappa shape index (κ1) is 14.6. The number of hydrogen-bond acceptors (Lipinski definition) is 1. The van der Waals surface area contributed by atoms with Crippen LogP contribution in [0.3, 0.4) is 0 Å². The summed E-state index contributed by atoms with van der Waals surface area (Å²) in [6, 6.07) is 5.78. The van der Waals surface area contributed by atoms with Gasteiger partial charge in [-0.05, 0) is 59.5 Å². The van der Waals surface area contributed by atoms with Gasteiger partial charge in [0.2, 0.25) is 0 Å². The number of carbonyl (C=O) groups is 1. The van der Waals surface area contributed by atoms with Crippen molar-refractivity contribution in [2.75, 3.05) is 13.6 Å². The van der Waals surface area contributed by atoms with Crippen molar-refractivity contribution in [3.63, 3.8) is 0 Å². The number of alkyl halides is 1. The van der Waals surface area contributed by atoms with Crippen molar-refractivity contribution in [2.24, 2.45) is 5.92 Å². The van der Waals surface area contributed by atoms with Gasteiger partial charge >= 0.3 is 0 Å². The maximum Gasteiger partial charge on any atom is 0.254 e. The van der Waals surface area contributed by atoms with Gasteiger partial charge in [0, 0.05) is 27.0 Å². The Morgan fingerprint density at radius 1 is 1.56 bits per heavy atom. The normalized spacial score (nSPS) is 22.4. The summed E-state index contributed by atoms with van der Waals surface area (Å²) in [7, 11) is 1.86. The SMILES string of the molecule is CN(CC1CC(Cl)C1)C(=O)c1cc(Br)ccc1I. The van der Waals surface area contributed by atoms with E-state index in [1.165, 1.54) is 0 Å². The van der Waals surface area contributed by atoms with Gasteiger partial charge in [0.1, 0.15) is 0 Å². The molecule has 2 rings (SSSR count). The van der Waals surface area contributed by atoms with Gasteiger partial charge < -0.3 is 4.90 Å². The van der Waals surface area contributed by atoms with E-state index in [1.807, 2.05) is 25.2 Å². The smallest absolute Gasteiger partial charge is 0.254 e. The molecule has 0 spiro atoms. The van der Waals surface area contributed by atoms with Crippen LogP contribution in [0.1, 0.15) is 23.2 Å². The van der Waals surface area contributed by atoms with Gasteiger partial charge in [-0.3, -0.25) is 4.79 Å². The van der Waals surface area contributed by atoms with Crippen LogP contribution in [-0.4, -0.2) is 29.8 Å². The number of carbonyl (C=O) groups excluding carboxylic acids is 1. The van der Waals surface area contributed by atoms with E-state index in [0.717, 1.165) is 33.0 Å². The van der Waals surface area contributed by atoms with Crippen LogP contribution in [-0.2, 0) is 0 Å². The molecule has 5 heteroatoms. The zero-order valence-electron chi connectivity index (χ0n) is 10.00. The average molecular weight is 443 g/mol. The molecule has 0 atom stereocenters. The van der Waals surface area contributed by atoms with Gasteiger partial charge in [-0.25, -0.2) is 0 Å². The van der Waals surface area contributed by atoms with Gasteiger partial charge in [-0.1, -0.05) is 15.9 Å². The third-order valence-corrected chi connectivity index (χ3v) is 5.01. The minimum absolute atomic E-state index is 0.0822. The van der Waals surface area contributed by atoms with Crippen LogP contribution >= 0.6 is 50.1 Å². The summed E-state index contributed by atoms with van der Waals surface area (Å²) < 4.78 is 1.92. The van der Waals surface area contributed by atoms with Crippen LogP contribution in [0.2, 0.25) is 0 Å². The Kier molecular flexibility index (Phi) is 4.94. The number of amides is 1. The summed E-state index contributed by atoms with van der Waals surface area (Å²) in [6.07, 6.45) is 2.05. The molecule has 0 unspecified atom stereocenters. The summed E-state index contributed by atoms with van der Waals surface area (Å²) in [5, 5.41) is 0.310. The molecule has 0 bridgehead atoms. The van der Waals surface area contributed by atoms with Crippen LogP contribution in [0, 0.1) is 9.49 Å². The number of benzene rings is 1. The molecule has 1 saturated carbocycles.